The van der Waals surface area contributed by atoms with Crippen molar-refractivity contribution in [2.75, 3.05) is 7.05 Å². The van der Waals surface area contributed by atoms with Crippen molar-refractivity contribution in [3.63, 3.8) is 0 Å². The van der Waals surface area contributed by atoms with Crippen LogP contribution in [0.25, 0.3) is 0 Å². The van der Waals surface area contributed by atoms with Gasteiger partial charge in [-0.1, -0.05) is 41.2 Å². The standard InChI is InChI=1S/C13H17N3S/c1-4-11-13(17-16-15-11)12(14-3)10-7-5-9(2)6-8-10/h5-8,12,14H,4H2,1-3H3. The summed E-state index contributed by atoms with van der Waals surface area (Å²) < 4.78 is 4.06. The quantitative estimate of drug-likeness (QED) is 0.902. The van der Waals surface area contributed by atoms with E-state index in [-0.39, 0.29) is 6.04 Å². The van der Waals surface area contributed by atoms with Crippen LogP contribution in [0.5, 0.6) is 0 Å². The molecule has 0 spiro atoms. The summed E-state index contributed by atoms with van der Waals surface area (Å²) in [5.41, 5.74) is 3.63. The van der Waals surface area contributed by atoms with E-state index in [1.54, 1.807) is 0 Å². The highest BCUT2D eigenvalue weighted by atomic mass is 32.1. The van der Waals surface area contributed by atoms with Crippen LogP contribution in [0.2, 0.25) is 0 Å². The normalized spacial score (nSPS) is 12.6. The van der Waals surface area contributed by atoms with Gasteiger partial charge in [0.15, 0.2) is 0 Å². The monoisotopic (exact) mass is 247 g/mol. The second kappa shape index (κ2) is 5.38. The smallest absolute Gasteiger partial charge is 0.0804 e. The third kappa shape index (κ3) is 2.53. The maximum Gasteiger partial charge on any atom is 0.0804 e. The molecule has 0 aliphatic heterocycles. The van der Waals surface area contributed by atoms with Crippen molar-refractivity contribution in [1.82, 2.24) is 14.9 Å². The number of nitrogens with one attached hydrogen (secondary N) is 1. The Balaban J connectivity index is 2.36. The second-order valence-corrected chi connectivity index (χ2v) is 4.86. The van der Waals surface area contributed by atoms with E-state index >= 15 is 0 Å². The van der Waals surface area contributed by atoms with Crippen LogP contribution in [-0.2, 0) is 6.42 Å². The summed E-state index contributed by atoms with van der Waals surface area (Å²) >= 11 is 1.48. The topological polar surface area (TPSA) is 37.8 Å². The molecule has 1 unspecified atom stereocenters. The maximum absolute atomic E-state index is 4.18. The maximum atomic E-state index is 4.18. The summed E-state index contributed by atoms with van der Waals surface area (Å²) in [5, 5.41) is 7.52. The average Bonchev–Trinajstić information content (AvgIpc) is 2.81. The van der Waals surface area contributed by atoms with E-state index in [0.717, 1.165) is 12.1 Å². The first-order chi connectivity index (χ1) is 8.26. The zero-order chi connectivity index (χ0) is 12.3. The van der Waals surface area contributed by atoms with Gasteiger partial charge in [0.05, 0.1) is 16.6 Å². The van der Waals surface area contributed by atoms with Gasteiger partial charge in [-0.2, -0.15) is 0 Å². The summed E-state index contributed by atoms with van der Waals surface area (Å²) in [6.45, 7) is 4.21. The van der Waals surface area contributed by atoms with E-state index < -0.39 is 0 Å². The van der Waals surface area contributed by atoms with Gasteiger partial charge in [-0.15, -0.1) is 5.10 Å². The van der Waals surface area contributed by atoms with E-state index in [0.29, 0.717) is 0 Å². The first-order valence-electron chi connectivity index (χ1n) is 5.81. The van der Waals surface area contributed by atoms with Crippen LogP contribution in [-0.4, -0.2) is 16.6 Å². The lowest BCUT2D eigenvalue weighted by Gasteiger charge is -2.15. The van der Waals surface area contributed by atoms with Crippen molar-refractivity contribution in [2.24, 2.45) is 0 Å². The Hall–Kier alpha value is -1.26. The molecule has 1 aromatic carbocycles. The molecule has 2 aromatic rings. The Morgan fingerprint density at radius 2 is 2.00 bits per heavy atom. The molecule has 0 aliphatic rings. The number of nitrogens with zero attached hydrogens (tertiary/aromatic N) is 2. The van der Waals surface area contributed by atoms with Gasteiger partial charge in [0.1, 0.15) is 0 Å². The molecular formula is C13H17N3S. The molecule has 4 heteroatoms. The number of aromatic nitrogens is 2. The first-order valence-corrected chi connectivity index (χ1v) is 6.58. The van der Waals surface area contributed by atoms with E-state index in [1.807, 2.05) is 7.05 Å². The van der Waals surface area contributed by atoms with Gasteiger partial charge in [-0.25, -0.2) is 0 Å². The minimum Gasteiger partial charge on any atom is -0.309 e. The van der Waals surface area contributed by atoms with E-state index in [4.69, 9.17) is 0 Å². The van der Waals surface area contributed by atoms with E-state index in [2.05, 4.69) is 53.0 Å². The molecule has 0 saturated carbocycles. The Kier molecular flexibility index (Phi) is 3.86. The van der Waals surface area contributed by atoms with Gasteiger partial charge in [0, 0.05) is 0 Å². The van der Waals surface area contributed by atoms with Crippen LogP contribution < -0.4 is 5.32 Å². The zero-order valence-electron chi connectivity index (χ0n) is 10.4. The van der Waals surface area contributed by atoms with Gasteiger partial charge < -0.3 is 5.32 Å². The molecule has 1 heterocycles. The van der Waals surface area contributed by atoms with Gasteiger partial charge in [-0.05, 0) is 37.5 Å². The molecule has 0 saturated heterocycles. The number of aryl methyl sites for hydroxylation is 2. The Bertz CT molecular complexity index is 476. The largest absolute Gasteiger partial charge is 0.309 e. The lowest BCUT2D eigenvalue weighted by atomic mass is 10.0. The molecule has 0 aliphatic carbocycles. The zero-order valence-corrected chi connectivity index (χ0v) is 11.2. The fourth-order valence-corrected chi connectivity index (χ4v) is 2.77. The van der Waals surface area contributed by atoms with Gasteiger partial charge >= 0.3 is 0 Å². The van der Waals surface area contributed by atoms with Crippen molar-refractivity contribution < 1.29 is 0 Å². The summed E-state index contributed by atoms with van der Waals surface area (Å²) in [6.07, 6.45) is 0.926. The molecule has 3 nitrogen and oxygen atoms in total. The second-order valence-electron chi connectivity index (χ2n) is 4.07. The van der Waals surface area contributed by atoms with Crippen LogP contribution >= 0.6 is 11.5 Å². The fraction of sp³-hybridized carbons (Fsp3) is 0.385. The van der Waals surface area contributed by atoms with Crippen molar-refractivity contribution in [2.45, 2.75) is 26.3 Å². The van der Waals surface area contributed by atoms with Gasteiger partial charge in [-0.3, -0.25) is 0 Å². The molecule has 1 atom stereocenters. The van der Waals surface area contributed by atoms with Crippen LogP contribution in [0.1, 0.15) is 34.7 Å². The first kappa shape index (κ1) is 12.2. The molecule has 0 bridgehead atoms. The van der Waals surface area contributed by atoms with Crippen molar-refractivity contribution in [1.29, 1.82) is 0 Å². The van der Waals surface area contributed by atoms with Crippen molar-refractivity contribution in [3.05, 3.63) is 46.0 Å². The van der Waals surface area contributed by atoms with Crippen LogP contribution in [0.4, 0.5) is 0 Å². The predicted octanol–water partition coefficient (Wildman–Crippen LogP) is 2.72. The SMILES string of the molecule is CCc1nnsc1C(NC)c1ccc(C)cc1. The minimum absolute atomic E-state index is 0.200. The third-order valence-corrected chi connectivity index (χ3v) is 3.71. The molecular weight excluding hydrogens is 230 g/mol. The summed E-state index contributed by atoms with van der Waals surface area (Å²) in [5.74, 6) is 0. The van der Waals surface area contributed by atoms with Crippen molar-refractivity contribution in [3.8, 4) is 0 Å². The Morgan fingerprint density at radius 3 is 2.59 bits per heavy atom. The Morgan fingerprint density at radius 1 is 1.29 bits per heavy atom. The van der Waals surface area contributed by atoms with Crippen LogP contribution in [0.15, 0.2) is 24.3 Å². The minimum atomic E-state index is 0.200. The lowest BCUT2D eigenvalue weighted by molar-refractivity contribution is 0.693. The van der Waals surface area contributed by atoms with E-state index in [1.165, 1.54) is 27.5 Å². The summed E-state index contributed by atoms with van der Waals surface area (Å²) in [7, 11) is 1.98. The van der Waals surface area contributed by atoms with E-state index in [9.17, 15) is 0 Å². The summed E-state index contributed by atoms with van der Waals surface area (Å²) in [6, 6.07) is 8.80. The number of rotatable bonds is 4. The predicted molar refractivity (Wildman–Crippen MR) is 71.4 cm³/mol. The molecule has 1 aromatic heterocycles. The third-order valence-electron chi connectivity index (χ3n) is 2.88. The molecule has 0 fully saturated rings. The number of hydrogen-bond acceptors (Lipinski definition) is 4. The van der Waals surface area contributed by atoms with Crippen LogP contribution in [0.3, 0.4) is 0 Å². The number of benzene rings is 1. The molecule has 17 heavy (non-hydrogen) atoms. The molecule has 90 valence electrons. The molecule has 1 N–H and O–H groups in total. The average molecular weight is 247 g/mol. The highest BCUT2D eigenvalue weighted by molar-refractivity contribution is 7.05. The highest BCUT2D eigenvalue weighted by Gasteiger charge is 2.18. The Labute approximate surface area is 106 Å². The molecule has 2 rings (SSSR count). The molecule has 0 radical (unpaired) electrons. The van der Waals surface area contributed by atoms with Gasteiger partial charge in [0.2, 0.25) is 0 Å². The summed E-state index contributed by atoms with van der Waals surface area (Å²) in [4.78, 5) is 1.22. The fourth-order valence-electron chi connectivity index (χ4n) is 1.89. The van der Waals surface area contributed by atoms with Crippen LogP contribution in [0, 0.1) is 6.92 Å². The highest BCUT2D eigenvalue weighted by Crippen LogP contribution is 2.27. The number of hydrogen-bond donors (Lipinski definition) is 1. The lowest BCUT2D eigenvalue weighted by Crippen LogP contribution is -2.17. The molecule has 0 amide bonds. The van der Waals surface area contributed by atoms with Crippen molar-refractivity contribution >= 4 is 11.5 Å². The van der Waals surface area contributed by atoms with Gasteiger partial charge in [0.25, 0.3) is 0 Å².